The van der Waals surface area contributed by atoms with Crippen LogP contribution in [0.25, 0.3) is 0 Å². The summed E-state index contributed by atoms with van der Waals surface area (Å²) in [6.07, 6.45) is 3.94. The van der Waals surface area contributed by atoms with E-state index >= 15 is 0 Å². The number of rotatable bonds is 5. The highest BCUT2D eigenvalue weighted by Crippen LogP contribution is 2.17. The molecule has 0 saturated heterocycles. The van der Waals surface area contributed by atoms with Crippen LogP contribution in [-0.4, -0.2) is 30.1 Å². The van der Waals surface area contributed by atoms with E-state index in [9.17, 15) is 18.8 Å². The monoisotopic (exact) mass is 350 g/mol. The molecule has 1 saturated carbocycles. The highest BCUT2D eigenvalue weighted by Gasteiger charge is 2.22. The third-order valence-corrected chi connectivity index (χ3v) is 4.12. The molecule has 0 aliphatic heterocycles. The van der Waals surface area contributed by atoms with Gasteiger partial charge in [0.15, 0.2) is 6.10 Å². The molecular formula is C18H23FN2O4. The zero-order valence-corrected chi connectivity index (χ0v) is 14.2. The fourth-order valence-electron chi connectivity index (χ4n) is 2.74. The maximum atomic E-state index is 12.8. The second kappa shape index (κ2) is 9.15. The molecule has 25 heavy (non-hydrogen) atoms. The lowest BCUT2D eigenvalue weighted by atomic mass is 9.96. The van der Waals surface area contributed by atoms with Crippen LogP contribution in [0, 0.1) is 5.82 Å². The van der Waals surface area contributed by atoms with Crippen molar-refractivity contribution < 1.29 is 23.5 Å². The molecule has 136 valence electrons. The summed E-state index contributed by atoms with van der Waals surface area (Å²) in [5, 5.41) is 4.94. The van der Waals surface area contributed by atoms with Crippen LogP contribution in [0.1, 0.15) is 44.6 Å². The van der Waals surface area contributed by atoms with Crippen molar-refractivity contribution in [3.63, 3.8) is 0 Å². The second-order valence-electron chi connectivity index (χ2n) is 6.23. The van der Waals surface area contributed by atoms with Gasteiger partial charge in [-0.25, -0.2) is 9.18 Å². The van der Waals surface area contributed by atoms with Gasteiger partial charge in [-0.1, -0.05) is 31.4 Å². The molecule has 1 aliphatic carbocycles. The second-order valence-corrected chi connectivity index (χ2v) is 6.23. The van der Waals surface area contributed by atoms with E-state index in [4.69, 9.17) is 4.74 Å². The summed E-state index contributed by atoms with van der Waals surface area (Å²) < 4.78 is 17.8. The SMILES string of the molecule is C[C@@H](OC(=O)Cc1ccc(F)cc1)C(=O)NC(=O)NC1CCCCC1. The molecule has 0 bridgehead atoms. The molecule has 7 heteroatoms. The number of hydrogen-bond acceptors (Lipinski definition) is 4. The van der Waals surface area contributed by atoms with Crippen LogP contribution in [0.3, 0.4) is 0 Å². The van der Waals surface area contributed by atoms with Crippen LogP contribution in [0.2, 0.25) is 0 Å². The number of esters is 1. The molecule has 2 N–H and O–H groups in total. The summed E-state index contributed by atoms with van der Waals surface area (Å²) in [7, 11) is 0. The van der Waals surface area contributed by atoms with Gasteiger partial charge in [0.25, 0.3) is 5.91 Å². The molecule has 0 heterocycles. The van der Waals surface area contributed by atoms with Crippen LogP contribution in [0.5, 0.6) is 0 Å². The van der Waals surface area contributed by atoms with E-state index in [0.717, 1.165) is 25.7 Å². The number of hydrogen-bond donors (Lipinski definition) is 2. The first kappa shape index (κ1) is 18.9. The molecular weight excluding hydrogens is 327 g/mol. The highest BCUT2D eigenvalue weighted by molar-refractivity contribution is 5.97. The number of benzene rings is 1. The Balaban J connectivity index is 1.73. The van der Waals surface area contributed by atoms with E-state index < -0.39 is 29.8 Å². The van der Waals surface area contributed by atoms with Crippen molar-refractivity contribution in [3.8, 4) is 0 Å². The zero-order chi connectivity index (χ0) is 18.2. The Labute approximate surface area is 146 Å². The highest BCUT2D eigenvalue weighted by atomic mass is 19.1. The van der Waals surface area contributed by atoms with Gasteiger partial charge in [-0.2, -0.15) is 0 Å². The third kappa shape index (κ3) is 6.52. The van der Waals surface area contributed by atoms with Crippen LogP contribution >= 0.6 is 0 Å². The largest absolute Gasteiger partial charge is 0.452 e. The minimum atomic E-state index is -1.09. The van der Waals surface area contributed by atoms with Crippen molar-refractivity contribution in [1.29, 1.82) is 0 Å². The van der Waals surface area contributed by atoms with Crippen LogP contribution in [0.4, 0.5) is 9.18 Å². The molecule has 1 aliphatic rings. The lowest BCUT2D eigenvalue weighted by molar-refractivity contribution is -0.153. The molecule has 2 rings (SSSR count). The van der Waals surface area contributed by atoms with Crippen molar-refractivity contribution in [2.45, 2.75) is 57.6 Å². The Morgan fingerprint density at radius 1 is 1.16 bits per heavy atom. The Bertz CT molecular complexity index is 612. The van der Waals surface area contributed by atoms with Gasteiger partial charge in [-0.05, 0) is 37.5 Å². The number of halogens is 1. The van der Waals surface area contributed by atoms with E-state index in [1.807, 2.05) is 0 Å². The number of urea groups is 1. The molecule has 0 radical (unpaired) electrons. The van der Waals surface area contributed by atoms with Gasteiger partial charge in [0.05, 0.1) is 6.42 Å². The van der Waals surface area contributed by atoms with Gasteiger partial charge < -0.3 is 10.1 Å². The van der Waals surface area contributed by atoms with Gasteiger partial charge >= 0.3 is 12.0 Å². The topological polar surface area (TPSA) is 84.5 Å². The van der Waals surface area contributed by atoms with Crippen molar-refractivity contribution in [2.24, 2.45) is 0 Å². The summed E-state index contributed by atoms with van der Waals surface area (Å²) >= 11 is 0. The predicted octanol–water partition coefficient (Wildman–Crippen LogP) is 2.46. The first-order valence-electron chi connectivity index (χ1n) is 8.49. The Morgan fingerprint density at radius 2 is 1.80 bits per heavy atom. The number of carbonyl (C=O) groups excluding carboxylic acids is 3. The normalized spacial score (nSPS) is 15.9. The predicted molar refractivity (Wildman–Crippen MR) is 89.2 cm³/mol. The van der Waals surface area contributed by atoms with Crippen molar-refractivity contribution >= 4 is 17.9 Å². The fourth-order valence-corrected chi connectivity index (χ4v) is 2.74. The number of carbonyl (C=O) groups is 3. The van der Waals surface area contributed by atoms with Crippen molar-refractivity contribution in [1.82, 2.24) is 10.6 Å². The van der Waals surface area contributed by atoms with Crippen molar-refractivity contribution in [3.05, 3.63) is 35.6 Å². The number of amides is 3. The fraction of sp³-hybridized carbons (Fsp3) is 0.500. The van der Waals surface area contributed by atoms with E-state index in [-0.39, 0.29) is 12.5 Å². The number of ether oxygens (including phenoxy) is 1. The van der Waals surface area contributed by atoms with Crippen LogP contribution < -0.4 is 10.6 Å². The lowest BCUT2D eigenvalue weighted by Gasteiger charge is -2.23. The van der Waals surface area contributed by atoms with E-state index in [2.05, 4.69) is 10.6 Å². The summed E-state index contributed by atoms with van der Waals surface area (Å²) in [4.78, 5) is 35.6. The average molecular weight is 350 g/mol. The summed E-state index contributed by atoms with van der Waals surface area (Å²) in [5.74, 6) is -1.70. The van der Waals surface area contributed by atoms with Gasteiger partial charge in [0, 0.05) is 6.04 Å². The summed E-state index contributed by atoms with van der Waals surface area (Å²) in [6, 6.07) is 4.94. The number of nitrogens with one attached hydrogen (secondary N) is 2. The Morgan fingerprint density at radius 3 is 2.44 bits per heavy atom. The standard InChI is InChI=1S/C18H23FN2O4/c1-12(25-16(22)11-13-7-9-14(19)10-8-13)17(23)21-18(24)20-15-5-3-2-4-6-15/h7-10,12,15H,2-6,11H2,1H3,(H2,20,21,23,24)/t12-/m1/s1. The van der Waals surface area contributed by atoms with E-state index in [1.54, 1.807) is 0 Å². The lowest BCUT2D eigenvalue weighted by Crippen LogP contribution is -2.48. The van der Waals surface area contributed by atoms with Crippen LogP contribution in [-0.2, 0) is 20.7 Å². The molecule has 1 fully saturated rings. The Kier molecular flexibility index (Phi) is 6.91. The Hall–Kier alpha value is -2.44. The third-order valence-electron chi connectivity index (χ3n) is 4.12. The molecule has 1 aromatic carbocycles. The maximum Gasteiger partial charge on any atom is 0.321 e. The van der Waals surface area contributed by atoms with Gasteiger partial charge in [0.1, 0.15) is 5.82 Å². The minimum Gasteiger partial charge on any atom is -0.452 e. The smallest absolute Gasteiger partial charge is 0.321 e. The van der Waals surface area contributed by atoms with E-state index in [0.29, 0.717) is 5.56 Å². The maximum absolute atomic E-state index is 12.8. The van der Waals surface area contributed by atoms with Gasteiger partial charge in [0.2, 0.25) is 0 Å². The molecule has 0 aromatic heterocycles. The average Bonchev–Trinajstić information content (AvgIpc) is 2.57. The summed E-state index contributed by atoms with van der Waals surface area (Å²) in [5.41, 5.74) is 0.578. The zero-order valence-electron chi connectivity index (χ0n) is 14.2. The summed E-state index contributed by atoms with van der Waals surface area (Å²) in [6.45, 7) is 1.39. The van der Waals surface area contributed by atoms with Crippen LogP contribution in [0.15, 0.2) is 24.3 Å². The van der Waals surface area contributed by atoms with E-state index in [1.165, 1.54) is 37.6 Å². The molecule has 3 amide bonds. The number of imide groups is 1. The molecule has 1 aromatic rings. The van der Waals surface area contributed by atoms with Crippen molar-refractivity contribution in [2.75, 3.05) is 0 Å². The molecule has 0 unspecified atom stereocenters. The van der Waals surface area contributed by atoms with Gasteiger partial charge in [-0.15, -0.1) is 0 Å². The quantitative estimate of drug-likeness (QED) is 0.799. The first-order chi connectivity index (χ1) is 11.9. The first-order valence-corrected chi connectivity index (χ1v) is 8.49. The molecule has 0 spiro atoms. The molecule has 1 atom stereocenters. The molecule has 6 nitrogen and oxygen atoms in total. The minimum absolute atomic E-state index is 0.0772. The van der Waals surface area contributed by atoms with Gasteiger partial charge in [-0.3, -0.25) is 14.9 Å².